The molecule has 3 aromatic heterocycles. The smallest absolute Gasteiger partial charge is 0.270 e. The summed E-state index contributed by atoms with van der Waals surface area (Å²) in [7, 11) is 1.61. The Labute approximate surface area is 174 Å². The number of aliphatic imine (C=N–C) groups is 1. The lowest BCUT2D eigenvalue weighted by Crippen LogP contribution is -2.31. The van der Waals surface area contributed by atoms with Gasteiger partial charge in [0.05, 0.1) is 18.0 Å². The van der Waals surface area contributed by atoms with Gasteiger partial charge in [-0.1, -0.05) is 6.07 Å². The molecule has 3 rings (SSSR count). The summed E-state index contributed by atoms with van der Waals surface area (Å²) in [5.41, 5.74) is 9.22. The maximum absolute atomic E-state index is 12.5. The molecule has 0 saturated heterocycles. The molecule has 156 valence electrons. The number of hydrogen-bond donors (Lipinski definition) is 4. The third-order valence-electron chi connectivity index (χ3n) is 4.31. The second-order valence-electron chi connectivity index (χ2n) is 6.84. The van der Waals surface area contributed by atoms with Gasteiger partial charge in [-0.2, -0.15) is 0 Å². The first-order valence-electron chi connectivity index (χ1n) is 9.45. The molecule has 0 radical (unpaired) electrons. The third-order valence-corrected chi connectivity index (χ3v) is 4.31. The summed E-state index contributed by atoms with van der Waals surface area (Å²) < 4.78 is 1.69. The van der Waals surface area contributed by atoms with Crippen molar-refractivity contribution in [1.29, 1.82) is 0 Å². The number of rotatable bonds is 7. The Balaban J connectivity index is 2.00. The number of pyridine rings is 2. The van der Waals surface area contributed by atoms with E-state index in [9.17, 15) is 9.90 Å². The van der Waals surface area contributed by atoms with Gasteiger partial charge in [0.1, 0.15) is 23.0 Å². The van der Waals surface area contributed by atoms with E-state index in [0.29, 0.717) is 28.7 Å². The summed E-state index contributed by atoms with van der Waals surface area (Å²) >= 11 is 0. The minimum Gasteiger partial charge on any atom is -0.392 e. The molecular weight excluding hydrogens is 382 g/mol. The highest BCUT2D eigenvalue weighted by Gasteiger charge is 2.14. The number of aromatic nitrogens is 3. The van der Waals surface area contributed by atoms with Crippen molar-refractivity contribution in [2.24, 2.45) is 10.7 Å². The number of aliphatic hydroxyl groups is 1. The summed E-state index contributed by atoms with van der Waals surface area (Å²) in [6.07, 6.45) is 4.35. The Morgan fingerprint density at radius 1 is 1.37 bits per heavy atom. The number of fused-ring (bicyclic) bond motifs is 1. The highest BCUT2D eigenvalue weighted by Crippen LogP contribution is 2.19. The molecule has 0 aromatic carbocycles. The van der Waals surface area contributed by atoms with E-state index in [1.54, 1.807) is 36.7 Å². The van der Waals surface area contributed by atoms with Crippen LogP contribution in [-0.2, 0) is 0 Å². The molecule has 1 unspecified atom stereocenters. The SMILES string of the molecule is CN=C(N)/C=C(\Nc1cccc(C)n1)c1ccc2ncc(C(=O)NCC(C)O)n2c1. The van der Waals surface area contributed by atoms with Crippen molar-refractivity contribution < 1.29 is 9.90 Å². The number of aryl methyl sites for hydroxylation is 1. The summed E-state index contributed by atoms with van der Waals surface area (Å²) in [4.78, 5) is 25.2. The van der Waals surface area contributed by atoms with Gasteiger partial charge in [-0.05, 0) is 38.1 Å². The average molecular weight is 407 g/mol. The first-order chi connectivity index (χ1) is 14.4. The molecule has 9 nitrogen and oxygen atoms in total. The molecule has 0 aliphatic heterocycles. The highest BCUT2D eigenvalue weighted by molar-refractivity contribution is 6.00. The number of anilines is 1. The van der Waals surface area contributed by atoms with E-state index in [0.717, 1.165) is 11.3 Å². The predicted octanol–water partition coefficient (Wildman–Crippen LogP) is 1.59. The van der Waals surface area contributed by atoms with Crippen LogP contribution in [0.4, 0.5) is 5.82 Å². The maximum Gasteiger partial charge on any atom is 0.270 e. The predicted molar refractivity (Wildman–Crippen MR) is 117 cm³/mol. The molecule has 0 spiro atoms. The van der Waals surface area contributed by atoms with Crippen LogP contribution in [0.2, 0.25) is 0 Å². The molecule has 30 heavy (non-hydrogen) atoms. The van der Waals surface area contributed by atoms with Crippen LogP contribution in [0.25, 0.3) is 11.3 Å². The van der Waals surface area contributed by atoms with Crippen LogP contribution in [0, 0.1) is 6.92 Å². The van der Waals surface area contributed by atoms with Crippen LogP contribution in [0.3, 0.4) is 0 Å². The molecule has 3 heterocycles. The topological polar surface area (TPSA) is 130 Å². The van der Waals surface area contributed by atoms with Crippen molar-refractivity contribution in [2.45, 2.75) is 20.0 Å². The number of imidazole rings is 1. The van der Waals surface area contributed by atoms with Gasteiger partial charge >= 0.3 is 0 Å². The van der Waals surface area contributed by atoms with E-state index >= 15 is 0 Å². The molecular formula is C21H25N7O2. The van der Waals surface area contributed by atoms with Crippen molar-refractivity contribution in [1.82, 2.24) is 19.7 Å². The van der Waals surface area contributed by atoms with E-state index in [1.165, 1.54) is 6.20 Å². The minimum atomic E-state index is -0.638. The van der Waals surface area contributed by atoms with Crippen molar-refractivity contribution in [2.75, 3.05) is 18.9 Å². The highest BCUT2D eigenvalue weighted by atomic mass is 16.3. The van der Waals surface area contributed by atoms with Crippen LogP contribution >= 0.6 is 0 Å². The van der Waals surface area contributed by atoms with Gasteiger partial charge in [-0.3, -0.25) is 14.2 Å². The van der Waals surface area contributed by atoms with E-state index in [2.05, 4.69) is 25.6 Å². The zero-order valence-electron chi connectivity index (χ0n) is 17.1. The Morgan fingerprint density at radius 2 is 2.17 bits per heavy atom. The standard InChI is InChI=1S/C21H25N7O2/c1-13-5-4-6-19(26-13)27-16(9-18(22)23-3)15-7-8-20-24-11-17(28(20)12-15)21(30)25-10-14(2)29/h4-9,11-12,14,29H,10H2,1-3H3,(H2,22,23)(H,25,30)(H,26,27)/b16-9-. The van der Waals surface area contributed by atoms with Crippen LogP contribution in [-0.4, -0.2) is 50.9 Å². The Bertz CT molecular complexity index is 1120. The second-order valence-corrected chi connectivity index (χ2v) is 6.84. The quantitative estimate of drug-likeness (QED) is 0.348. The van der Waals surface area contributed by atoms with Crippen LogP contribution in [0.5, 0.6) is 0 Å². The monoisotopic (exact) mass is 407 g/mol. The molecule has 1 atom stereocenters. The lowest BCUT2D eigenvalue weighted by atomic mass is 10.2. The Morgan fingerprint density at radius 3 is 2.87 bits per heavy atom. The summed E-state index contributed by atoms with van der Waals surface area (Å²) in [6, 6.07) is 9.34. The largest absolute Gasteiger partial charge is 0.392 e. The number of nitrogens with zero attached hydrogens (tertiary/aromatic N) is 4. The van der Waals surface area contributed by atoms with Crippen LogP contribution < -0.4 is 16.4 Å². The molecule has 0 aliphatic rings. The summed E-state index contributed by atoms with van der Waals surface area (Å²) in [6.45, 7) is 3.67. The van der Waals surface area contributed by atoms with Crippen molar-refractivity contribution >= 4 is 28.9 Å². The van der Waals surface area contributed by atoms with Crippen molar-refractivity contribution in [3.63, 3.8) is 0 Å². The van der Waals surface area contributed by atoms with Crippen molar-refractivity contribution in [3.05, 3.63) is 65.8 Å². The fourth-order valence-corrected chi connectivity index (χ4v) is 2.79. The number of nitrogens with two attached hydrogens (primary N) is 1. The number of amidine groups is 1. The number of hydrogen-bond acceptors (Lipinski definition) is 6. The number of nitrogens with one attached hydrogen (secondary N) is 2. The fraction of sp³-hybridized carbons (Fsp3) is 0.238. The van der Waals surface area contributed by atoms with Gasteiger partial charge in [0.15, 0.2) is 0 Å². The van der Waals surface area contributed by atoms with Crippen LogP contribution in [0.15, 0.2) is 53.8 Å². The Hall–Kier alpha value is -3.72. The molecule has 5 N–H and O–H groups in total. The van der Waals surface area contributed by atoms with Gasteiger partial charge < -0.3 is 21.5 Å². The zero-order valence-corrected chi connectivity index (χ0v) is 17.1. The first-order valence-corrected chi connectivity index (χ1v) is 9.45. The molecule has 0 fully saturated rings. The lowest BCUT2D eigenvalue weighted by Gasteiger charge is -2.13. The molecule has 1 amide bonds. The molecule has 0 bridgehead atoms. The average Bonchev–Trinajstić information content (AvgIpc) is 3.14. The van der Waals surface area contributed by atoms with E-state index in [1.807, 2.05) is 31.2 Å². The number of amides is 1. The van der Waals surface area contributed by atoms with Crippen LogP contribution in [0.1, 0.15) is 28.7 Å². The second kappa shape index (κ2) is 9.19. The normalized spacial score (nSPS) is 13.3. The number of carbonyl (C=O) groups is 1. The van der Waals surface area contributed by atoms with E-state index in [-0.39, 0.29) is 12.5 Å². The van der Waals surface area contributed by atoms with Crippen molar-refractivity contribution in [3.8, 4) is 0 Å². The Kier molecular flexibility index (Phi) is 6.43. The molecule has 0 aliphatic carbocycles. The molecule has 3 aromatic rings. The fourth-order valence-electron chi connectivity index (χ4n) is 2.79. The maximum atomic E-state index is 12.5. The minimum absolute atomic E-state index is 0.154. The van der Waals surface area contributed by atoms with E-state index in [4.69, 9.17) is 5.73 Å². The molecule has 0 saturated carbocycles. The summed E-state index contributed by atoms with van der Waals surface area (Å²) in [5, 5.41) is 15.4. The lowest BCUT2D eigenvalue weighted by molar-refractivity contribution is 0.0918. The first kappa shape index (κ1) is 21.0. The number of carbonyl (C=O) groups excluding carboxylic acids is 1. The summed E-state index contributed by atoms with van der Waals surface area (Å²) in [5.74, 6) is 0.672. The molecule has 9 heteroatoms. The van der Waals surface area contributed by atoms with Gasteiger partial charge in [-0.15, -0.1) is 0 Å². The van der Waals surface area contributed by atoms with Gasteiger partial charge in [-0.25, -0.2) is 9.97 Å². The van der Waals surface area contributed by atoms with Gasteiger partial charge in [0.25, 0.3) is 5.91 Å². The number of aliphatic hydroxyl groups excluding tert-OH is 1. The van der Waals surface area contributed by atoms with Gasteiger partial charge in [0, 0.05) is 37.1 Å². The zero-order chi connectivity index (χ0) is 21.7. The van der Waals surface area contributed by atoms with Gasteiger partial charge in [0.2, 0.25) is 0 Å². The van der Waals surface area contributed by atoms with E-state index < -0.39 is 6.10 Å². The third kappa shape index (κ3) is 5.00.